The lowest BCUT2D eigenvalue weighted by Gasteiger charge is -2.12. The standard InChI is InChI=1S/C8H18N2/c1-3-8-4-7(5-10-8)6(2)9/h6-8,10H,3-5,9H2,1-2H3. The van der Waals surface area contributed by atoms with Crippen molar-refractivity contribution in [2.45, 2.75) is 38.8 Å². The number of nitrogens with two attached hydrogens (primary N) is 1. The zero-order valence-corrected chi connectivity index (χ0v) is 6.93. The van der Waals surface area contributed by atoms with Crippen molar-refractivity contribution in [1.29, 1.82) is 0 Å². The third kappa shape index (κ3) is 1.70. The lowest BCUT2D eigenvalue weighted by Crippen LogP contribution is -2.27. The molecule has 0 spiro atoms. The Kier molecular flexibility index (Phi) is 2.69. The minimum atomic E-state index is 0.365. The van der Waals surface area contributed by atoms with Crippen LogP contribution in [0.5, 0.6) is 0 Å². The Balaban J connectivity index is 2.28. The molecule has 0 aliphatic carbocycles. The van der Waals surface area contributed by atoms with Crippen LogP contribution in [-0.2, 0) is 0 Å². The predicted molar refractivity (Wildman–Crippen MR) is 43.8 cm³/mol. The van der Waals surface area contributed by atoms with Gasteiger partial charge < -0.3 is 11.1 Å². The van der Waals surface area contributed by atoms with Gasteiger partial charge in [-0.15, -0.1) is 0 Å². The highest BCUT2D eigenvalue weighted by Gasteiger charge is 2.24. The number of hydrogen-bond acceptors (Lipinski definition) is 2. The van der Waals surface area contributed by atoms with Gasteiger partial charge in [0.2, 0.25) is 0 Å². The van der Waals surface area contributed by atoms with Crippen molar-refractivity contribution in [2.24, 2.45) is 11.7 Å². The van der Waals surface area contributed by atoms with Gasteiger partial charge in [0.05, 0.1) is 0 Å². The van der Waals surface area contributed by atoms with Crippen molar-refractivity contribution in [3.8, 4) is 0 Å². The van der Waals surface area contributed by atoms with Crippen LogP contribution < -0.4 is 11.1 Å². The highest BCUT2D eigenvalue weighted by Crippen LogP contribution is 2.17. The van der Waals surface area contributed by atoms with E-state index in [1.54, 1.807) is 0 Å². The summed E-state index contributed by atoms with van der Waals surface area (Å²) in [5.74, 6) is 0.713. The molecule has 60 valence electrons. The Morgan fingerprint density at radius 3 is 2.70 bits per heavy atom. The van der Waals surface area contributed by atoms with Gasteiger partial charge in [0.1, 0.15) is 0 Å². The smallest absolute Gasteiger partial charge is 0.00682 e. The van der Waals surface area contributed by atoms with Crippen LogP contribution in [-0.4, -0.2) is 18.6 Å². The SMILES string of the molecule is CCC1CC(C(C)N)CN1. The van der Waals surface area contributed by atoms with Gasteiger partial charge in [-0.05, 0) is 32.2 Å². The molecule has 0 bridgehead atoms. The molecule has 1 aliphatic heterocycles. The molecular weight excluding hydrogens is 124 g/mol. The van der Waals surface area contributed by atoms with Gasteiger partial charge in [-0.1, -0.05) is 6.92 Å². The Bertz CT molecular complexity index is 101. The monoisotopic (exact) mass is 142 g/mol. The van der Waals surface area contributed by atoms with Crippen LogP contribution in [0.25, 0.3) is 0 Å². The number of hydrogen-bond donors (Lipinski definition) is 2. The van der Waals surface area contributed by atoms with E-state index in [4.69, 9.17) is 5.73 Å². The summed E-state index contributed by atoms with van der Waals surface area (Å²) in [5, 5.41) is 3.46. The topological polar surface area (TPSA) is 38.0 Å². The fraction of sp³-hybridized carbons (Fsp3) is 1.00. The first-order valence-electron chi connectivity index (χ1n) is 4.23. The third-order valence-corrected chi connectivity index (χ3v) is 2.49. The van der Waals surface area contributed by atoms with Crippen LogP contribution in [0.1, 0.15) is 26.7 Å². The largest absolute Gasteiger partial charge is 0.328 e. The van der Waals surface area contributed by atoms with Crippen molar-refractivity contribution >= 4 is 0 Å². The highest BCUT2D eigenvalue weighted by atomic mass is 15.0. The third-order valence-electron chi connectivity index (χ3n) is 2.49. The lowest BCUT2D eigenvalue weighted by atomic mass is 9.98. The van der Waals surface area contributed by atoms with E-state index in [0.29, 0.717) is 12.0 Å². The summed E-state index contributed by atoms with van der Waals surface area (Å²) in [6.07, 6.45) is 2.51. The first kappa shape index (κ1) is 8.02. The van der Waals surface area contributed by atoms with E-state index in [-0.39, 0.29) is 0 Å². The zero-order chi connectivity index (χ0) is 7.56. The Morgan fingerprint density at radius 1 is 1.70 bits per heavy atom. The van der Waals surface area contributed by atoms with Gasteiger partial charge in [0, 0.05) is 12.1 Å². The number of rotatable bonds is 2. The van der Waals surface area contributed by atoms with E-state index in [1.165, 1.54) is 12.8 Å². The minimum Gasteiger partial charge on any atom is -0.328 e. The van der Waals surface area contributed by atoms with E-state index >= 15 is 0 Å². The molecule has 1 aliphatic rings. The molecule has 10 heavy (non-hydrogen) atoms. The lowest BCUT2D eigenvalue weighted by molar-refractivity contribution is 0.468. The van der Waals surface area contributed by atoms with E-state index < -0.39 is 0 Å². The highest BCUT2D eigenvalue weighted by molar-refractivity contribution is 4.84. The van der Waals surface area contributed by atoms with Crippen molar-refractivity contribution in [3.63, 3.8) is 0 Å². The summed E-state index contributed by atoms with van der Waals surface area (Å²) in [6, 6.07) is 1.10. The van der Waals surface area contributed by atoms with Crippen LogP contribution in [0.3, 0.4) is 0 Å². The van der Waals surface area contributed by atoms with E-state index in [2.05, 4.69) is 19.2 Å². The second kappa shape index (κ2) is 3.35. The molecule has 1 rings (SSSR count). The molecule has 2 heteroatoms. The summed E-state index contributed by atoms with van der Waals surface area (Å²) in [7, 11) is 0. The average molecular weight is 142 g/mol. The van der Waals surface area contributed by atoms with Crippen LogP contribution >= 0.6 is 0 Å². The molecule has 3 atom stereocenters. The van der Waals surface area contributed by atoms with Crippen molar-refractivity contribution in [1.82, 2.24) is 5.32 Å². The normalized spacial score (nSPS) is 36.3. The van der Waals surface area contributed by atoms with Crippen LogP contribution in [0, 0.1) is 5.92 Å². The molecule has 0 radical (unpaired) electrons. The minimum absolute atomic E-state index is 0.365. The summed E-state index contributed by atoms with van der Waals surface area (Å²) < 4.78 is 0. The number of nitrogens with one attached hydrogen (secondary N) is 1. The van der Waals surface area contributed by atoms with Gasteiger partial charge >= 0.3 is 0 Å². The molecule has 3 N–H and O–H groups in total. The first-order valence-corrected chi connectivity index (χ1v) is 4.23. The second-order valence-electron chi connectivity index (χ2n) is 3.37. The van der Waals surface area contributed by atoms with Gasteiger partial charge in [-0.3, -0.25) is 0 Å². The maximum absolute atomic E-state index is 5.77. The summed E-state index contributed by atoms with van der Waals surface area (Å²) in [6.45, 7) is 5.45. The molecule has 1 heterocycles. The summed E-state index contributed by atoms with van der Waals surface area (Å²) in [4.78, 5) is 0. The molecular formula is C8H18N2. The molecule has 1 saturated heterocycles. The zero-order valence-electron chi connectivity index (χ0n) is 6.93. The fourth-order valence-corrected chi connectivity index (χ4v) is 1.56. The molecule has 0 aromatic rings. The maximum atomic E-state index is 5.77. The summed E-state index contributed by atoms with van der Waals surface area (Å²) in [5.41, 5.74) is 5.77. The second-order valence-corrected chi connectivity index (χ2v) is 3.37. The molecule has 0 aromatic heterocycles. The Morgan fingerprint density at radius 2 is 2.40 bits per heavy atom. The van der Waals surface area contributed by atoms with Gasteiger partial charge in [-0.25, -0.2) is 0 Å². The van der Waals surface area contributed by atoms with Crippen molar-refractivity contribution < 1.29 is 0 Å². The Hall–Kier alpha value is -0.0800. The van der Waals surface area contributed by atoms with Crippen molar-refractivity contribution in [2.75, 3.05) is 6.54 Å². The molecule has 0 amide bonds. The van der Waals surface area contributed by atoms with Crippen molar-refractivity contribution in [3.05, 3.63) is 0 Å². The molecule has 0 saturated carbocycles. The fourth-order valence-electron chi connectivity index (χ4n) is 1.56. The van der Waals surface area contributed by atoms with Crippen LogP contribution in [0.15, 0.2) is 0 Å². The maximum Gasteiger partial charge on any atom is 0.00682 e. The van der Waals surface area contributed by atoms with Crippen LogP contribution in [0.2, 0.25) is 0 Å². The molecule has 0 aromatic carbocycles. The molecule has 3 unspecified atom stereocenters. The summed E-state index contributed by atoms with van der Waals surface area (Å²) >= 11 is 0. The quantitative estimate of drug-likeness (QED) is 0.596. The average Bonchev–Trinajstić information content (AvgIpc) is 2.34. The van der Waals surface area contributed by atoms with E-state index in [1.807, 2.05) is 0 Å². The van der Waals surface area contributed by atoms with Gasteiger partial charge in [0.25, 0.3) is 0 Å². The first-order chi connectivity index (χ1) is 4.74. The van der Waals surface area contributed by atoms with Gasteiger partial charge in [-0.2, -0.15) is 0 Å². The molecule has 2 nitrogen and oxygen atoms in total. The van der Waals surface area contributed by atoms with E-state index in [0.717, 1.165) is 12.6 Å². The molecule has 1 fully saturated rings. The van der Waals surface area contributed by atoms with Gasteiger partial charge in [0.15, 0.2) is 0 Å². The Labute approximate surface area is 63.2 Å². The van der Waals surface area contributed by atoms with Crippen LogP contribution in [0.4, 0.5) is 0 Å². The van der Waals surface area contributed by atoms with E-state index in [9.17, 15) is 0 Å². The predicted octanol–water partition coefficient (Wildman–Crippen LogP) is 0.722.